The lowest BCUT2D eigenvalue weighted by atomic mass is 9.89. The number of hydrogen-bond acceptors (Lipinski definition) is 1. The Balaban J connectivity index is 2.30. The van der Waals surface area contributed by atoms with Crippen molar-refractivity contribution in [2.75, 3.05) is 13.1 Å². The Kier molecular flexibility index (Phi) is 2.73. The maximum absolute atomic E-state index is 3.79. The topological polar surface area (TPSA) is 3.01 Å². The first-order chi connectivity index (χ1) is 5.59. The maximum Gasteiger partial charge on any atom is 0.0404 e. The van der Waals surface area contributed by atoms with E-state index < -0.39 is 0 Å². The first kappa shape index (κ1) is 9.53. The number of allylic oxidation sites excluding steroid dienone is 1. The first-order valence-corrected chi connectivity index (χ1v) is 4.56. The van der Waals surface area contributed by atoms with Crippen LogP contribution in [0.4, 0.5) is 0 Å². The zero-order valence-electron chi connectivity index (χ0n) is 8.21. The molecule has 0 saturated carbocycles. The molecule has 1 aliphatic rings. The predicted octanol–water partition coefficient (Wildman–Crippen LogP) is 2.46. The second-order valence-corrected chi connectivity index (χ2v) is 4.39. The van der Waals surface area contributed by atoms with E-state index in [4.69, 9.17) is 0 Å². The van der Waals surface area contributed by atoms with Crippen molar-refractivity contribution < 1.29 is 0 Å². The summed E-state index contributed by atoms with van der Waals surface area (Å²) >= 11 is 0. The molecule has 1 heteroatoms. The third-order valence-corrected chi connectivity index (χ3v) is 2.36. The van der Waals surface area contributed by atoms with E-state index in [-0.39, 0.29) is 0 Å². The van der Waals surface area contributed by atoms with Crippen LogP contribution in [0.25, 0.3) is 0 Å². The van der Waals surface area contributed by atoms with E-state index in [1.165, 1.54) is 6.54 Å². The van der Waals surface area contributed by atoms with Gasteiger partial charge in [-0.25, -0.2) is 0 Å². The number of nitrogens with zero attached hydrogens (tertiary/aromatic N) is 1. The van der Waals surface area contributed by atoms with Crippen LogP contribution >= 0.6 is 0 Å². The molecule has 2 unspecified atom stereocenters. The van der Waals surface area contributed by atoms with Crippen molar-refractivity contribution in [3.63, 3.8) is 0 Å². The molecule has 12 heavy (non-hydrogen) atoms. The molecule has 0 amide bonds. The quantitative estimate of drug-likeness (QED) is 0.447. The monoisotopic (exact) mass is 165 g/mol. The van der Waals surface area contributed by atoms with Gasteiger partial charge in [-0.2, -0.15) is 0 Å². The zero-order chi connectivity index (χ0) is 9.19. The average Bonchev–Trinajstić information content (AvgIpc) is 2.66. The summed E-state index contributed by atoms with van der Waals surface area (Å²) in [6, 6.07) is 0.647. The molecule has 0 radical (unpaired) electrons. The normalized spacial score (nSPS) is 28.2. The Morgan fingerprint density at radius 1 is 1.50 bits per heavy atom. The van der Waals surface area contributed by atoms with E-state index in [2.05, 4.69) is 31.9 Å². The van der Waals surface area contributed by atoms with Gasteiger partial charge in [-0.3, -0.25) is 4.90 Å². The standard InChI is InChI=1S/C11H19N/c1-5-7-11(3,4)9-12-8-10(12)6-2/h5-6,10H,1-2,7-9H2,3-4H3. The number of rotatable bonds is 5. The van der Waals surface area contributed by atoms with Gasteiger partial charge in [0.2, 0.25) is 0 Å². The lowest BCUT2D eigenvalue weighted by Crippen LogP contribution is -2.22. The second kappa shape index (κ2) is 3.44. The summed E-state index contributed by atoms with van der Waals surface area (Å²) in [6.07, 6.45) is 5.13. The number of hydrogen-bond donors (Lipinski definition) is 0. The summed E-state index contributed by atoms with van der Waals surface area (Å²) in [6.45, 7) is 14.5. The third-order valence-electron chi connectivity index (χ3n) is 2.36. The van der Waals surface area contributed by atoms with Crippen molar-refractivity contribution in [1.29, 1.82) is 0 Å². The van der Waals surface area contributed by atoms with Crippen LogP contribution in [0.3, 0.4) is 0 Å². The van der Waals surface area contributed by atoms with Crippen LogP contribution in [0, 0.1) is 5.41 Å². The van der Waals surface area contributed by atoms with E-state index >= 15 is 0 Å². The minimum Gasteiger partial charge on any atom is -0.293 e. The molecular formula is C11H19N. The van der Waals surface area contributed by atoms with Crippen molar-refractivity contribution in [1.82, 2.24) is 4.90 Å². The van der Waals surface area contributed by atoms with Crippen molar-refractivity contribution >= 4 is 0 Å². The minimum absolute atomic E-state index is 0.375. The van der Waals surface area contributed by atoms with Crippen molar-refractivity contribution in [3.05, 3.63) is 25.3 Å². The van der Waals surface area contributed by atoms with Crippen molar-refractivity contribution in [3.8, 4) is 0 Å². The summed E-state index contributed by atoms with van der Waals surface area (Å²) in [7, 11) is 0. The van der Waals surface area contributed by atoms with Gasteiger partial charge in [-0.05, 0) is 11.8 Å². The molecule has 1 rings (SSSR count). The fraction of sp³-hybridized carbons (Fsp3) is 0.636. The van der Waals surface area contributed by atoms with Gasteiger partial charge in [-0.15, -0.1) is 13.2 Å². The fourth-order valence-electron chi connectivity index (χ4n) is 1.60. The average molecular weight is 165 g/mol. The summed E-state index contributed by atoms with van der Waals surface area (Å²) < 4.78 is 0. The first-order valence-electron chi connectivity index (χ1n) is 4.56. The SMILES string of the molecule is C=CCC(C)(C)CN1CC1C=C. The summed E-state index contributed by atoms with van der Waals surface area (Å²) in [5, 5.41) is 0. The predicted molar refractivity (Wildman–Crippen MR) is 54.2 cm³/mol. The van der Waals surface area contributed by atoms with Gasteiger partial charge in [0.25, 0.3) is 0 Å². The Bertz CT molecular complexity index is 181. The van der Waals surface area contributed by atoms with E-state index in [1.54, 1.807) is 0 Å². The molecule has 1 aliphatic heterocycles. The molecule has 0 aromatic rings. The van der Waals surface area contributed by atoms with E-state index in [0.29, 0.717) is 11.5 Å². The Labute approximate surface area is 75.8 Å². The highest BCUT2D eigenvalue weighted by Gasteiger charge is 2.34. The highest BCUT2D eigenvalue weighted by molar-refractivity contribution is 5.03. The molecule has 1 saturated heterocycles. The van der Waals surface area contributed by atoms with E-state index in [0.717, 1.165) is 13.0 Å². The van der Waals surface area contributed by atoms with Crippen LogP contribution < -0.4 is 0 Å². The van der Waals surface area contributed by atoms with Crippen LogP contribution in [0.15, 0.2) is 25.3 Å². The van der Waals surface area contributed by atoms with Crippen molar-refractivity contribution in [2.24, 2.45) is 5.41 Å². The molecule has 0 aromatic carbocycles. The molecule has 1 heterocycles. The van der Waals surface area contributed by atoms with Crippen LogP contribution in [0.1, 0.15) is 20.3 Å². The molecule has 0 aliphatic carbocycles. The van der Waals surface area contributed by atoms with E-state index in [1.807, 2.05) is 12.2 Å². The van der Waals surface area contributed by atoms with Gasteiger partial charge in [0.1, 0.15) is 0 Å². The van der Waals surface area contributed by atoms with Crippen LogP contribution in [0.2, 0.25) is 0 Å². The summed E-state index contributed by atoms with van der Waals surface area (Å²) in [5.74, 6) is 0. The molecule has 1 nitrogen and oxygen atoms in total. The highest BCUT2D eigenvalue weighted by Crippen LogP contribution is 2.28. The van der Waals surface area contributed by atoms with Gasteiger partial charge < -0.3 is 0 Å². The Hall–Kier alpha value is -0.560. The molecule has 0 spiro atoms. The molecule has 68 valence electrons. The third kappa shape index (κ3) is 2.49. The highest BCUT2D eigenvalue weighted by atomic mass is 15.3. The lowest BCUT2D eigenvalue weighted by molar-refractivity contribution is 0.289. The molecule has 2 atom stereocenters. The van der Waals surface area contributed by atoms with Crippen molar-refractivity contribution in [2.45, 2.75) is 26.3 Å². The molecule has 1 fully saturated rings. The molecule has 0 aromatic heterocycles. The molecular weight excluding hydrogens is 146 g/mol. The van der Waals surface area contributed by atoms with Gasteiger partial charge in [0, 0.05) is 19.1 Å². The Morgan fingerprint density at radius 2 is 2.17 bits per heavy atom. The Morgan fingerprint density at radius 3 is 2.58 bits per heavy atom. The van der Waals surface area contributed by atoms with Gasteiger partial charge >= 0.3 is 0 Å². The largest absolute Gasteiger partial charge is 0.293 e. The molecule has 0 bridgehead atoms. The maximum atomic E-state index is 3.79. The summed E-state index contributed by atoms with van der Waals surface area (Å²) in [5.41, 5.74) is 0.375. The van der Waals surface area contributed by atoms with Gasteiger partial charge in [0.05, 0.1) is 0 Å². The summed E-state index contributed by atoms with van der Waals surface area (Å²) in [4.78, 5) is 2.44. The van der Waals surface area contributed by atoms with Crippen LogP contribution in [0.5, 0.6) is 0 Å². The van der Waals surface area contributed by atoms with Gasteiger partial charge in [-0.1, -0.05) is 26.0 Å². The van der Waals surface area contributed by atoms with Crippen LogP contribution in [-0.4, -0.2) is 24.0 Å². The van der Waals surface area contributed by atoms with Crippen LogP contribution in [-0.2, 0) is 0 Å². The zero-order valence-corrected chi connectivity index (χ0v) is 8.21. The second-order valence-electron chi connectivity index (χ2n) is 4.39. The fourth-order valence-corrected chi connectivity index (χ4v) is 1.60. The van der Waals surface area contributed by atoms with Gasteiger partial charge in [0.15, 0.2) is 0 Å². The minimum atomic E-state index is 0.375. The lowest BCUT2D eigenvalue weighted by Gasteiger charge is -2.23. The smallest absolute Gasteiger partial charge is 0.0404 e. The van der Waals surface area contributed by atoms with E-state index in [9.17, 15) is 0 Å². The molecule has 0 N–H and O–H groups in total.